The van der Waals surface area contributed by atoms with Gasteiger partial charge in [-0.25, -0.2) is 9.97 Å². The quantitative estimate of drug-likeness (QED) is 0.560. The first-order valence-electron chi connectivity index (χ1n) is 7.82. The molecule has 0 saturated heterocycles. The number of pyridine rings is 1. The van der Waals surface area contributed by atoms with E-state index in [1.54, 1.807) is 17.5 Å². The van der Waals surface area contributed by atoms with Gasteiger partial charge < -0.3 is 5.73 Å². The molecule has 25 heavy (non-hydrogen) atoms. The first kappa shape index (κ1) is 16.0. The molecule has 3 heterocycles. The smallest absolute Gasteiger partial charge is 0.163 e. The largest absolute Gasteiger partial charge is 0.383 e. The molecule has 0 amide bonds. The van der Waals surface area contributed by atoms with Gasteiger partial charge in [0.15, 0.2) is 5.82 Å². The Hall–Kier alpha value is -2.50. The number of nitrogens with two attached hydrogens (primary N) is 1. The number of thiophene rings is 1. The highest BCUT2D eigenvalue weighted by atomic mass is 35.5. The van der Waals surface area contributed by atoms with Crippen LogP contribution in [0, 0.1) is 6.92 Å². The molecule has 0 aliphatic carbocycles. The second-order valence-electron chi connectivity index (χ2n) is 5.84. The van der Waals surface area contributed by atoms with Crippen LogP contribution in [0.1, 0.15) is 16.1 Å². The Labute approximate surface area is 154 Å². The van der Waals surface area contributed by atoms with Crippen LogP contribution in [-0.2, 0) is 6.42 Å². The van der Waals surface area contributed by atoms with E-state index >= 15 is 0 Å². The molecule has 0 unspecified atom stereocenters. The van der Waals surface area contributed by atoms with Gasteiger partial charge in [-0.3, -0.25) is 4.98 Å². The Morgan fingerprint density at radius 3 is 2.80 bits per heavy atom. The topological polar surface area (TPSA) is 64.7 Å². The third-order valence-electron chi connectivity index (χ3n) is 3.93. The van der Waals surface area contributed by atoms with E-state index in [4.69, 9.17) is 22.3 Å². The molecule has 4 rings (SSSR count). The van der Waals surface area contributed by atoms with Crippen molar-refractivity contribution in [1.29, 1.82) is 0 Å². The molecule has 0 aliphatic rings. The number of aryl methyl sites for hydroxylation is 1. The zero-order valence-corrected chi connectivity index (χ0v) is 15.1. The lowest BCUT2D eigenvalue weighted by Gasteiger charge is -2.03. The van der Waals surface area contributed by atoms with Gasteiger partial charge in [-0.15, -0.1) is 11.3 Å². The summed E-state index contributed by atoms with van der Waals surface area (Å²) in [7, 11) is 0. The van der Waals surface area contributed by atoms with Crippen molar-refractivity contribution in [2.75, 3.05) is 5.73 Å². The summed E-state index contributed by atoms with van der Waals surface area (Å²) in [5.74, 6) is 1.15. The maximum Gasteiger partial charge on any atom is 0.163 e. The summed E-state index contributed by atoms with van der Waals surface area (Å²) in [5.41, 5.74) is 9.16. The molecule has 6 heteroatoms. The highest BCUT2D eigenvalue weighted by Gasteiger charge is 2.13. The van der Waals surface area contributed by atoms with E-state index in [1.165, 1.54) is 0 Å². The zero-order chi connectivity index (χ0) is 17.4. The van der Waals surface area contributed by atoms with Gasteiger partial charge in [-0.1, -0.05) is 35.4 Å². The zero-order valence-electron chi connectivity index (χ0n) is 13.5. The minimum absolute atomic E-state index is 0.496. The molecule has 0 aliphatic heterocycles. The normalized spacial score (nSPS) is 11.1. The van der Waals surface area contributed by atoms with E-state index < -0.39 is 0 Å². The lowest BCUT2D eigenvalue weighted by Crippen LogP contribution is -1.96. The van der Waals surface area contributed by atoms with Gasteiger partial charge in [0, 0.05) is 23.1 Å². The van der Waals surface area contributed by atoms with Crippen LogP contribution in [0.5, 0.6) is 0 Å². The fourth-order valence-electron chi connectivity index (χ4n) is 2.71. The fraction of sp³-hybridized carbons (Fsp3) is 0.105. The molecule has 0 saturated carbocycles. The Kier molecular flexibility index (Phi) is 4.11. The molecule has 124 valence electrons. The maximum atomic E-state index is 6.21. The molecule has 0 radical (unpaired) electrons. The third kappa shape index (κ3) is 3.21. The molecule has 1 aromatic carbocycles. The number of hydrogen-bond donors (Lipinski definition) is 1. The first-order chi connectivity index (χ1) is 12.1. The van der Waals surface area contributed by atoms with Crippen molar-refractivity contribution in [1.82, 2.24) is 15.0 Å². The number of anilines is 1. The van der Waals surface area contributed by atoms with E-state index in [9.17, 15) is 0 Å². The van der Waals surface area contributed by atoms with Gasteiger partial charge in [0.1, 0.15) is 10.6 Å². The van der Waals surface area contributed by atoms with Crippen LogP contribution in [0.3, 0.4) is 0 Å². The molecule has 0 atom stereocenters. The van der Waals surface area contributed by atoms with E-state index in [0.717, 1.165) is 31.9 Å². The van der Waals surface area contributed by atoms with Gasteiger partial charge in [0.2, 0.25) is 0 Å². The molecule has 3 aromatic heterocycles. The van der Waals surface area contributed by atoms with Crippen molar-refractivity contribution in [3.05, 3.63) is 69.8 Å². The highest BCUT2D eigenvalue weighted by molar-refractivity contribution is 7.18. The van der Waals surface area contributed by atoms with Crippen LogP contribution in [0.2, 0.25) is 5.02 Å². The average molecular weight is 367 g/mol. The number of benzene rings is 1. The number of aromatic nitrogens is 3. The van der Waals surface area contributed by atoms with Crippen molar-refractivity contribution in [2.24, 2.45) is 0 Å². The Bertz CT molecular complexity index is 1070. The summed E-state index contributed by atoms with van der Waals surface area (Å²) in [6.07, 6.45) is 2.40. The van der Waals surface area contributed by atoms with Crippen molar-refractivity contribution < 1.29 is 0 Å². The summed E-state index contributed by atoms with van der Waals surface area (Å²) in [4.78, 5) is 15.5. The molecule has 4 aromatic rings. The average Bonchev–Trinajstić information content (AvgIpc) is 3.00. The molecular formula is C19H15ClN4S. The fourth-order valence-corrected chi connectivity index (χ4v) is 3.94. The lowest BCUT2D eigenvalue weighted by molar-refractivity contribution is 1.10. The van der Waals surface area contributed by atoms with Crippen LogP contribution in [0.15, 0.2) is 48.7 Å². The molecule has 0 spiro atoms. The molecule has 0 bridgehead atoms. The predicted octanol–water partition coefficient (Wildman–Crippen LogP) is 4.89. The van der Waals surface area contributed by atoms with Gasteiger partial charge in [-0.2, -0.15) is 0 Å². The Morgan fingerprint density at radius 1 is 1.12 bits per heavy atom. The predicted molar refractivity (Wildman–Crippen MR) is 104 cm³/mol. The van der Waals surface area contributed by atoms with Crippen molar-refractivity contribution in [3.63, 3.8) is 0 Å². The minimum Gasteiger partial charge on any atom is -0.383 e. The molecule has 0 fully saturated rings. The molecular weight excluding hydrogens is 352 g/mol. The van der Waals surface area contributed by atoms with Crippen molar-refractivity contribution in [2.45, 2.75) is 13.3 Å². The SMILES string of the molecule is Cc1cccc(-c2nc(N)c3cc(Cc4ncccc4Cl)sc3n2)c1. The van der Waals surface area contributed by atoms with Crippen LogP contribution < -0.4 is 5.73 Å². The number of nitrogen functional groups attached to an aromatic ring is 1. The summed E-state index contributed by atoms with van der Waals surface area (Å²) < 4.78 is 0. The number of rotatable bonds is 3. The Balaban J connectivity index is 1.76. The van der Waals surface area contributed by atoms with Crippen molar-refractivity contribution >= 4 is 39.0 Å². The standard InChI is InChI=1S/C19H15ClN4S/c1-11-4-2-5-12(8-11)18-23-17(21)14-9-13(25-19(14)24-18)10-16-15(20)6-3-7-22-16/h2-9H,10H2,1H3,(H2,21,23,24). The monoisotopic (exact) mass is 366 g/mol. The minimum atomic E-state index is 0.496. The molecule has 2 N–H and O–H groups in total. The Morgan fingerprint density at radius 2 is 2.00 bits per heavy atom. The van der Waals surface area contributed by atoms with E-state index in [1.807, 2.05) is 43.3 Å². The summed E-state index contributed by atoms with van der Waals surface area (Å²) in [6.45, 7) is 2.05. The third-order valence-corrected chi connectivity index (χ3v) is 5.30. The maximum absolute atomic E-state index is 6.21. The van der Waals surface area contributed by atoms with Crippen LogP contribution in [0.25, 0.3) is 21.6 Å². The second-order valence-corrected chi connectivity index (χ2v) is 7.36. The number of hydrogen-bond acceptors (Lipinski definition) is 5. The number of fused-ring (bicyclic) bond motifs is 1. The van der Waals surface area contributed by atoms with E-state index in [2.05, 4.69) is 16.0 Å². The number of halogens is 1. The summed E-state index contributed by atoms with van der Waals surface area (Å²) in [6, 6.07) is 13.8. The van der Waals surface area contributed by atoms with Gasteiger partial charge in [-0.05, 0) is 31.2 Å². The van der Waals surface area contributed by atoms with Crippen LogP contribution >= 0.6 is 22.9 Å². The van der Waals surface area contributed by atoms with Gasteiger partial charge in [0.25, 0.3) is 0 Å². The second kappa shape index (κ2) is 6.43. The van der Waals surface area contributed by atoms with E-state index in [-0.39, 0.29) is 0 Å². The van der Waals surface area contributed by atoms with E-state index in [0.29, 0.717) is 23.1 Å². The first-order valence-corrected chi connectivity index (χ1v) is 9.02. The van der Waals surface area contributed by atoms with Crippen LogP contribution in [0.4, 0.5) is 5.82 Å². The van der Waals surface area contributed by atoms with Crippen molar-refractivity contribution in [3.8, 4) is 11.4 Å². The molecule has 4 nitrogen and oxygen atoms in total. The van der Waals surface area contributed by atoms with Gasteiger partial charge in [0.05, 0.1) is 16.1 Å². The highest BCUT2D eigenvalue weighted by Crippen LogP contribution is 2.32. The number of nitrogens with zero attached hydrogens (tertiary/aromatic N) is 3. The van der Waals surface area contributed by atoms with Gasteiger partial charge >= 0.3 is 0 Å². The summed E-state index contributed by atoms with van der Waals surface area (Å²) in [5, 5.41) is 1.54. The summed E-state index contributed by atoms with van der Waals surface area (Å²) >= 11 is 7.81. The lowest BCUT2D eigenvalue weighted by atomic mass is 10.1. The van der Waals surface area contributed by atoms with Crippen LogP contribution in [-0.4, -0.2) is 15.0 Å².